The molecule has 7 nitrogen and oxygen atoms in total. The zero-order valence-electron chi connectivity index (χ0n) is 11.9. The Hall–Kier alpha value is -1.67. The first kappa shape index (κ1) is 15.7. The molecule has 0 amide bonds. The van der Waals surface area contributed by atoms with E-state index in [2.05, 4.69) is 0 Å². The van der Waals surface area contributed by atoms with E-state index in [-0.39, 0.29) is 16.3 Å². The van der Waals surface area contributed by atoms with Crippen LogP contribution in [0.4, 0.5) is 11.4 Å². The highest BCUT2D eigenvalue weighted by molar-refractivity contribution is 7.89. The van der Waals surface area contributed by atoms with Gasteiger partial charge in [0.1, 0.15) is 4.90 Å². The zero-order chi connectivity index (χ0) is 15.6. The molecular weight excluding hydrogens is 294 g/mol. The lowest BCUT2D eigenvalue weighted by atomic mass is 10.3. The lowest BCUT2D eigenvalue weighted by Crippen LogP contribution is -2.34. The van der Waals surface area contributed by atoms with Crippen molar-refractivity contribution >= 4 is 21.4 Å². The van der Waals surface area contributed by atoms with Crippen LogP contribution in [0, 0.1) is 16.0 Å². The summed E-state index contributed by atoms with van der Waals surface area (Å²) in [5, 5.41) is 10.7. The highest BCUT2D eigenvalue weighted by Crippen LogP contribution is 2.33. The van der Waals surface area contributed by atoms with Crippen molar-refractivity contribution in [2.45, 2.75) is 31.1 Å². The van der Waals surface area contributed by atoms with E-state index in [4.69, 9.17) is 5.73 Å². The number of nitrogen functional groups attached to an aromatic ring is 1. The Labute approximate surface area is 123 Å². The number of nitrogens with two attached hydrogens (primary N) is 1. The van der Waals surface area contributed by atoms with Crippen molar-refractivity contribution in [2.75, 3.05) is 18.8 Å². The first-order valence-corrected chi connectivity index (χ1v) is 8.34. The van der Waals surface area contributed by atoms with Crippen LogP contribution in [0.5, 0.6) is 0 Å². The van der Waals surface area contributed by atoms with Crippen molar-refractivity contribution < 1.29 is 13.3 Å². The summed E-state index contributed by atoms with van der Waals surface area (Å²) in [6.45, 7) is 2.83. The van der Waals surface area contributed by atoms with Crippen LogP contribution in [0.3, 0.4) is 0 Å². The molecule has 0 aromatic heterocycles. The zero-order valence-corrected chi connectivity index (χ0v) is 12.7. The van der Waals surface area contributed by atoms with Crippen LogP contribution in [0.1, 0.15) is 26.2 Å². The van der Waals surface area contributed by atoms with Crippen molar-refractivity contribution in [3.8, 4) is 0 Å². The van der Waals surface area contributed by atoms with Gasteiger partial charge in [-0.05, 0) is 31.2 Å². The molecule has 0 spiro atoms. The van der Waals surface area contributed by atoms with Gasteiger partial charge in [-0.3, -0.25) is 10.1 Å². The number of rotatable bonds is 7. The van der Waals surface area contributed by atoms with Gasteiger partial charge in [0.05, 0.1) is 10.6 Å². The maximum atomic E-state index is 12.7. The van der Waals surface area contributed by atoms with E-state index in [0.717, 1.165) is 18.9 Å². The van der Waals surface area contributed by atoms with Crippen LogP contribution in [0.2, 0.25) is 0 Å². The number of anilines is 1. The van der Waals surface area contributed by atoms with Crippen molar-refractivity contribution in [3.63, 3.8) is 0 Å². The van der Waals surface area contributed by atoms with Crippen LogP contribution in [-0.2, 0) is 10.0 Å². The minimum atomic E-state index is -3.71. The van der Waals surface area contributed by atoms with Gasteiger partial charge in [-0.15, -0.1) is 0 Å². The maximum Gasteiger partial charge on any atom is 0.271 e. The first-order valence-electron chi connectivity index (χ1n) is 6.90. The van der Waals surface area contributed by atoms with Gasteiger partial charge < -0.3 is 5.73 Å². The number of nitrogens with zero attached hydrogens (tertiary/aromatic N) is 2. The second kappa shape index (κ2) is 5.98. The maximum absolute atomic E-state index is 12.7. The molecule has 116 valence electrons. The summed E-state index contributed by atoms with van der Waals surface area (Å²) < 4.78 is 26.8. The molecule has 2 rings (SSSR count). The fraction of sp³-hybridized carbons (Fsp3) is 0.538. The van der Waals surface area contributed by atoms with Crippen LogP contribution in [-0.4, -0.2) is 30.7 Å². The van der Waals surface area contributed by atoms with Crippen LogP contribution in [0.15, 0.2) is 23.1 Å². The number of hydrogen-bond donors (Lipinski definition) is 1. The number of non-ortho nitro benzene ring substituents is 1. The first-order chi connectivity index (χ1) is 9.86. The van der Waals surface area contributed by atoms with Gasteiger partial charge in [-0.1, -0.05) is 6.92 Å². The largest absolute Gasteiger partial charge is 0.397 e. The average Bonchev–Trinajstić information content (AvgIpc) is 3.21. The molecule has 1 fully saturated rings. The van der Waals surface area contributed by atoms with E-state index >= 15 is 0 Å². The van der Waals surface area contributed by atoms with Gasteiger partial charge >= 0.3 is 0 Å². The lowest BCUT2D eigenvalue weighted by molar-refractivity contribution is -0.384. The molecular formula is C13H19N3O4S. The third-order valence-electron chi connectivity index (χ3n) is 3.45. The fourth-order valence-corrected chi connectivity index (χ4v) is 3.88. The summed E-state index contributed by atoms with van der Waals surface area (Å²) in [4.78, 5) is 10.0. The van der Waals surface area contributed by atoms with Crippen molar-refractivity contribution in [1.82, 2.24) is 4.31 Å². The molecule has 1 aromatic rings. The van der Waals surface area contributed by atoms with E-state index in [1.54, 1.807) is 0 Å². The number of nitro benzene ring substituents is 1. The molecule has 8 heteroatoms. The summed E-state index contributed by atoms with van der Waals surface area (Å²) in [5.41, 5.74) is 5.42. The summed E-state index contributed by atoms with van der Waals surface area (Å²) in [6, 6.07) is 3.48. The van der Waals surface area contributed by atoms with Crippen molar-refractivity contribution in [3.05, 3.63) is 28.3 Å². The minimum absolute atomic E-state index is 0.0535. The van der Waals surface area contributed by atoms with Crippen molar-refractivity contribution in [2.24, 2.45) is 5.92 Å². The molecule has 1 aromatic carbocycles. The molecule has 21 heavy (non-hydrogen) atoms. The molecule has 0 bridgehead atoms. The number of nitro groups is 1. The second-order valence-corrected chi connectivity index (χ2v) is 7.19. The quantitative estimate of drug-likeness (QED) is 0.470. The highest BCUT2D eigenvalue weighted by Gasteiger charge is 2.32. The Morgan fingerprint density at radius 1 is 1.43 bits per heavy atom. The van der Waals surface area contributed by atoms with Gasteiger partial charge in [0.25, 0.3) is 5.69 Å². The Morgan fingerprint density at radius 2 is 2.10 bits per heavy atom. The summed E-state index contributed by atoms with van der Waals surface area (Å²) in [7, 11) is -3.71. The predicted octanol–water partition coefficient (Wildman–Crippen LogP) is 1.99. The Morgan fingerprint density at radius 3 is 2.57 bits per heavy atom. The van der Waals surface area contributed by atoms with Gasteiger partial charge in [-0.25, -0.2) is 8.42 Å². The number of benzene rings is 1. The smallest absolute Gasteiger partial charge is 0.271 e. The molecule has 1 saturated carbocycles. The van der Waals surface area contributed by atoms with E-state index < -0.39 is 14.9 Å². The van der Waals surface area contributed by atoms with Gasteiger partial charge in [0, 0.05) is 25.2 Å². The molecule has 1 aliphatic rings. The number of sulfonamides is 1. The minimum Gasteiger partial charge on any atom is -0.397 e. The van der Waals surface area contributed by atoms with E-state index in [1.807, 2.05) is 6.92 Å². The molecule has 0 saturated heterocycles. The van der Waals surface area contributed by atoms with E-state index in [9.17, 15) is 18.5 Å². The Bertz CT molecular complexity index is 641. The monoisotopic (exact) mass is 313 g/mol. The normalized spacial score (nSPS) is 15.3. The fourth-order valence-electron chi connectivity index (χ4n) is 2.17. The topological polar surface area (TPSA) is 107 Å². The summed E-state index contributed by atoms with van der Waals surface area (Å²) >= 11 is 0. The van der Waals surface area contributed by atoms with Crippen LogP contribution < -0.4 is 5.73 Å². The lowest BCUT2D eigenvalue weighted by Gasteiger charge is -2.22. The second-order valence-electron chi connectivity index (χ2n) is 5.29. The highest BCUT2D eigenvalue weighted by atomic mass is 32.2. The van der Waals surface area contributed by atoms with E-state index in [1.165, 1.54) is 16.4 Å². The molecule has 1 aliphatic carbocycles. The molecule has 0 unspecified atom stereocenters. The number of hydrogen-bond acceptors (Lipinski definition) is 5. The van der Waals surface area contributed by atoms with Gasteiger partial charge in [0.15, 0.2) is 0 Å². The van der Waals surface area contributed by atoms with E-state index in [0.29, 0.717) is 25.4 Å². The predicted molar refractivity (Wildman–Crippen MR) is 79.3 cm³/mol. The summed E-state index contributed by atoms with van der Waals surface area (Å²) in [5.74, 6) is 0.422. The SMILES string of the molecule is CCCN(CC1CC1)S(=O)(=O)c1ccc([N+](=O)[O-])cc1N. The van der Waals surface area contributed by atoms with Gasteiger partial charge in [-0.2, -0.15) is 4.31 Å². The van der Waals surface area contributed by atoms with Crippen molar-refractivity contribution in [1.29, 1.82) is 0 Å². The Kier molecular flexibility index (Phi) is 4.48. The molecule has 0 aliphatic heterocycles. The Balaban J connectivity index is 2.34. The standard InChI is InChI=1S/C13H19N3O4S/c1-2-7-15(9-10-3-4-10)21(19,20)13-6-5-11(16(17)18)8-12(13)14/h5-6,8,10H,2-4,7,9,14H2,1H3. The van der Waals surface area contributed by atoms with Crippen LogP contribution >= 0.6 is 0 Å². The molecule has 0 radical (unpaired) electrons. The molecule has 0 heterocycles. The third-order valence-corrected chi connectivity index (χ3v) is 5.39. The summed E-state index contributed by atoms with van der Waals surface area (Å²) in [6.07, 6.45) is 2.80. The third kappa shape index (κ3) is 3.51. The average molecular weight is 313 g/mol. The molecule has 0 atom stereocenters. The molecule has 2 N–H and O–H groups in total. The van der Waals surface area contributed by atoms with Crippen LogP contribution in [0.25, 0.3) is 0 Å². The van der Waals surface area contributed by atoms with Gasteiger partial charge in [0.2, 0.25) is 10.0 Å².